The number of nitrogens with zero attached hydrogens (tertiary/aromatic N) is 1. The van der Waals surface area contributed by atoms with Gasteiger partial charge >= 0.3 is 5.97 Å². The Morgan fingerprint density at radius 2 is 1.87 bits per heavy atom. The lowest BCUT2D eigenvalue weighted by Gasteiger charge is -2.11. The lowest BCUT2D eigenvalue weighted by Crippen LogP contribution is -2.02. The first-order valence-corrected chi connectivity index (χ1v) is 7.22. The second-order valence-corrected chi connectivity index (χ2v) is 5.47. The predicted molar refractivity (Wildman–Crippen MR) is 85.8 cm³/mol. The maximum absolute atomic E-state index is 13.2. The largest absolute Gasteiger partial charge is 0.481 e. The molecular weight excluding hydrogens is 319 g/mol. The summed E-state index contributed by atoms with van der Waals surface area (Å²) in [6, 6.07) is 11.3. The van der Waals surface area contributed by atoms with Crippen LogP contribution in [0.25, 0.3) is 22.3 Å². The first-order chi connectivity index (χ1) is 11.0. The number of carboxylic acid groups (broad SMARTS) is 1. The molecule has 2 aromatic carbocycles. The number of carboxylic acids is 1. The van der Waals surface area contributed by atoms with E-state index in [1.807, 2.05) is 0 Å². The number of nitrogens with one attached hydrogen (secondary N) is 1. The minimum absolute atomic E-state index is 0.166. The molecule has 4 nitrogen and oxygen atoms in total. The van der Waals surface area contributed by atoms with Gasteiger partial charge in [0.15, 0.2) is 0 Å². The van der Waals surface area contributed by atoms with E-state index in [1.54, 1.807) is 36.5 Å². The summed E-state index contributed by atoms with van der Waals surface area (Å²) in [5.41, 5.74) is 3.54. The number of hydrogen-bond donors (Lipinski definition) is 2. The van der Waals surface area contributed by atoms with Crippen LogP contribution in [-0.2, 0) is 11.2 Å². The lowest BCUT2D eigenvalue weighted by atomic mass is 9.94. The number of aromatic amines is 1. The molecule has 1 aromatic heterocycles. The van der Waals surface area contributed by atoms with Crippen molar-refractivity contribution in [2.45, 2.75) is 6.42 Å². The fraction of sp³-hybridized carbons (Fsp3) is 0.0588. The molecule has 0 saturated heterocycles. The van der Waals surface area contributed by atoms with Crippen LogP contribution in [0.4, 0.5) is 4.39 Å². The molecule has 0 aliphatic carbocycles. The minimum Gasteiger partial charge on any atom is -0.481 e. The molecule has 2 N–H and O–H groups in total. The van der Waals surface area contributed by atoms with E-state index in [1.165, 1.54) is 12.1 Å². The highest BCUT2D eigenvalue weighted by molar-refractivity contribution is 6.31. The van der Waals surface area contributed by atoms with Gasteiger partial charge in [-0.05, 0) is 41.0 Å². The van der Waals surface area contributed by atoms with Gasteiger partial charge in [0.25, 0.3) is 0 Å². The van der Waals surface area contributed by atoms with E-state index in [2.05, 4.69) is 10.2 Å². The molecule has 23 heavy (non-hydrogen) atoms. The van der Waals surface area contributed by atoms with E-state index in [0.717, 1.165) is 16.7 Å². The van der Waals surface area contributed by atoms with Crippen LogP contribution in [0.5, 0.6) is 0 Å². The number of aromatic nitrogens is 2. The van der Waals surface area contributed by atoms with Crippen LogP contribution in [0.15, 0.2) is 48.7 Å². The summed E-state index contributed by atoms with van der Waals surface area (Å²) in [6.45, 7) is 0. The van der Waals surface area contributed by atoms with Gasteiger partial charge in [-0.3, -0.25) is 9.89 Å². The summed E-state index contributed by atoms with van der Waals surface area (Å²) in [5, 5.41) is 16.2. The quantitative estimate of drug-likeness (QED) is 0.754. The van der Waals surface area contributed by atoms with Gasteiger partial charge in [0, 0.05) is 10.6 Å². The van der Waals surface area contributed by atoms with Crippen LogP contribution in [0.3, 0.4) is 0 Å². The molecular formula is C17H12ClFN2O2. The Kier molecular flexibility index (Phi) is 4.12. The van der Waals surface area contributed by atoms with Gasteiger partial charge in [-0.2, -0.15) is 5.10 Å². The van der Waals surface area contributed by atoms with E-state index in [0.29, 0.717) is 16.3 Å². The minimum atomic E-state index is -0.951. The molecule has 1 heterocycles. The molecule has 0 aliphatic heterocycles. The Morgan fingerprint density at radius 3 is 2.57 bits per heavy atom. The van der Waals surface area contributed by atoms with Gasteiger partial charge < -0.3 is 5.11 Å². The Balaban J connectivity index is 2.15. The van der Waals surface area contributed by atoms with Crippen molar-refractivity contribution in [3.05, 3.63) is 65.2 Å². The lowest BCUT2D eigenvalue weighted by molar-refractivity contribution is -0.136. The molecule has 3 rings (SSSR count). The van der Waals surface area contributed by atoms with Gasteiger partial charge in [-0.1, -0.05) is 29.8 Å². The van der Waals surface area contributed by atoms with Gasteiger partial charge in [-0.15, -0.1) is 0 Å². The van der Waals surface area contributed by atoms with Gasteiger partial charge in [0.1, 0.15) is 5.82 Å². The Morgan fingerprint density at radius 1 is 1.13 bits per heavy atom. The van der Waals surface area contributed by atoms with Crippen molar-refractivity contribution in [2.75, 3.05) is 0 Å². The Bertz CT molecular complexity index is 859. The Labute approximate surface area is 136 Å². The zero-order valence-electron chi connectivity index (χ0n) is 11.9. The van der Waals surface area contributed by atoms with Crippen molar-refractivity contribution < 1.29 is 14.3 Å². The van der Waals surface area contributed by atoms with Crippen molar-refractivity contribution in [1.82, 2.24) is 10.2 Å². The van der Waals surface area contributed by atoms with Gasteiger partial charge in [0.2, 0.25) is 0 Å². The third-order valence-electron chi connectivity index (χ3n) is 3.47. The first-order valence-electron chi connectivity index (χ1n) is 6.84. The molecule has 0 saturated carbocycles. The van der Waals surface area contributed by atoms with Crippen molar-refractivity contribution in [2.24, 2.45) is 0 Å². The van der Waals surface area contributed by atoms with Crippen molar-refractivity contribution in [1.29, 1.82) is 0 Å². The van der Waals surface area contributed by atoms with E-state index in [4.69, 9.17) is 16.7 Å². The molecule has 0 amide bonds. The van der Waals surface area contributed by atoms with Crippen LogP contribution in [0, 0.1) is 5.82 Å². The fourth-order valence-corrected chi connectivity index (χ4v) is 2.62. The monoisotopic (exact) mass is 330 g/mol. The van der Waals surface area contributed by atoms with E-state index < -0.39 is 5.97 Å². The number of carbonyl (C=O) groups is 1. The van der Waals surface area contributed by atoms with E-state index in [-0.39, 0.29) is 12.2 Å². The second-order valence-electron chi connectivity index (χ2n) is 5.03. The average Bonchev–Trinajstić information content (AvgIpc) is 2.95. The summed E-state index contributed by atoms with van der Waals surface area (Å²) in [4.78, 5) is 11.0. The zero-order chi connectivity index (χ0) is 16.4. The normalized spacial score (nSPS) is 10.7. The van der Waals surface area contributed by atoms with Crippen molar-refractivity contribution in [3.63, 3.8) is 0 Å². The summed E-state index contributed by atoms with van der Waals surface area (Å²) < 4.78 is 13.2. The third kappa shape index (κ3) is 3.24. The standard InChI is InChI=1S/C17H12ClFN2O2/c18-11-3-6-13(15-9-20-21-16(15)8-17(22)23)14(7-11)10-1-4-12(19)5-2-10/h1-7,9H,8H2,(H,20,21)(H,22,23). The smallest absolute Gasteiger partial charge is 0.309 e. The van der Waals surface area contributed by atoms with E-state index in [9.17, 15) is 9.18 Å². The van der Waals surface area contributed by atoms with Crippen LogP contribution >= 0.6 is 11.6 Å². The predicted octanol–water partition coefficient (Wildman–Crippen LogP) is 4.16. The number of rotatable bonds is 4. The molecule has 0 atom stereocenters. The van der Waals surface area contributed by atoms with Crippen LogP contribution in [-0.4, -0.2) is 21.3 Å². The second kappa shape index (κ2) is 6.22. The molecule has 0 spiro atoms. The van der Waals surface area contributed by atoms with Gasteiger partial charge in [-0.25, -0.2) is 4.39 Å². The number of H-pyrrole nitrogens is 1. The summed E-state index contributed by atoms with van der Waals surface area (Å²) in [6.07, 6.45) is 1.41. The van der Waals surface area contributed by atoms with E-state index >= 15 is 0 Å². The molecule has 0 unspecified atom stereocenters. The topological polar surface area (TPSA) is 66.0 Å². The maximum atomic E-state index is 13.2. The zero-order valence-corrected chi connectivity index (χ0v) is 12.6. The molecule has 0 aliphatic rings. The SMILES string of the molecule is O=C(O)Cc1[nH]ncc1-c1ccc(Cl)cc1-c1ccc(F)cc1. The number of hydrogen-bond acceptors (Lipinski definition) is 2. The van der Waals surface area contributed by atoms with Crippen LogP contribution in [0.2, 0.25) is 5.02 Å². The fourth-order valence-electron chi connectivity index (χ4n) is 2.45. The summed E-state index contributed by atoms with van der Waals surface area (Å²) >= 11 is 6.09. The number of aliphatic carboxylic acids is 1. The molecule has 0 bridgehead atoms. The average molecular weight is 331 g/mol. The number of halogens is 2. The maximum Gasteiger partial charge on any atom is 0.309 e. The molecule has 0 fully saturated rings. The van der Waals surface area contributed by atoms with Crippen molar-refractivity contribution in [3.8, 4) is 22.3 Å². The van der Waals surface area contributed by atoms with Gasteiger partial charge in [0.05, 0.1) is 18.3 Å². The third-order valence-corrected chi connectivity index (χ3v) is 3.71. The van der Waals surface area contributed by atoms with Crippen LogP contribution < -0.4 is 0 Å². The summed E-state index contributed by atoms with van der Waals surface area (Å²) in [5.74, 6) is -1.28. The molecule has 116 valence electrons. The first kappa shape index (κ1) is 15.2. The highest BCUT2D eigenvalue weighted by Crippen LogP contribution is 2.35. The van der Waals surface area contributed by atoms with Crippen LogP contribution in [0.1, 0.15) is 5.69 Å². The Hall–Kier alpha value is -2.66. The molecule has 6 heteroatoms. The molecule has 3 aromatic rings. The number of benzene rings is 2. The highest BCUT2D eigenvalue weighted by atomic mass is 35.5. The highest BCUT2D eigenvalue weighted by Gasteiger charge is 2.15. The summed E-state index contributed by atoms with van der Waals surface area (Å²) in [7, 11) is 0. The molecule has 0 radical (unpaired) electrons. The van der Waals surface area contributed by atoms with Crippen molar-refractivity contribution >= 4 is 17.6 Å².